The van der Waals surface area contributed by atoms with Crippen molar-refractivity contribution in [3.05, 3.63) is 58.1 Å². The molecule has 0 saturated heterocycles. The Labute approximate surface area is 136 Å². The second-order valence-corrected chi connectivity index (χ2v) is 5.81. The van der Waals surface area contributed by atoms with Crippen LogP contribution in [-0.4, -0.2) is 12.5 Å². The second-order valence-electron chi connectivity index (χ2n) is 5.40. The van der Waals surface area contributed by atoms with Crippen molar-refractivity contribution in [1.82, 2.24) is 0 Å². The highest BCUT2D eigenvalue weighted by molar-refractivity contribution is 6.31. The molecule has 22 heavy (non-hydrogen) atoms. The molecule has 4 heteroatoms. The molecule has 3 nitrogen and oxygen atoms in total. The molecule has 2 aromatic carbocycles. The van der Waals surface area contributed by atoms with E-state index < -0.39 is 0 Å². The summed E-state index contributed by atoms with van der Waals surface area (Å²) in [4.78, 5) is 12.1. The van der Waals surface area contributed by atoms with Crippen molar-refractivity contribution in [3.63, 3.8) is 0 Å². The quantitative estimate of drug-likeness (QED) is 0.839. The molecular formula is C18H21ClN2O. The lowest BCUT2D eigenvalue weighted by atomic mass is 10.1. The molecule has 0 saturated carbocycles. The van der Waals surface area contributed by atoms with Gasteiger partial charge < -0.3 is 10.6 Å². The number of hydrogen-bond donors (Lipinski definition) is 2. The Morgan fingerprint density at radius 3 is 2.36 bits per heavy atom. The summed E-state index contributed by atoms with van der Waals surface area (Å²) in [6.45, 7) is 6.52. The van der Waals surface area contributed by atoms with E-state index in [1.54, 1.807) is 0 Å². The van der Waals surface area contributed by atoms with Gasteiger partial charge >= 0.3 is 0 Å². The Morgan fingerprint density at radius 2 is 1.68 bits per heavy atom. The van der Waals surface area contributed by atoms with Crippen LogP contribution < -0.4 is 10.6 Å². The van der Waals surface area contributed by atoms with Crippen LogP contribution in [0.2, 0.25) is 5.02 Å². The summed E-state index contributed by atoms with van der Waals surface area (Å²) >= 11 is 6.08. The van der Waals surface area contributed by atoms with Crippen LogP contribution in [0.4, 0.5) is 11.4 Å². The summed E-state index contributed by atoms with van der Waals surface area (Å²) in [6.07, 6.45) is 0.403. The smallest absolute Gasteiger partial charge is 0.226 e. The molecule has 0 unspecified atom stereocenters. The third kappa shape index (κ3) is 4.01. The van der Waals surface area contributed by atoms with Crippen molar-refractivity contribution in [2.45, 2.75) is 27.2 Å². The van der Waals surface area contributed by atoms with Gasteiger partial charge in [0.25, 0.3) is 0 Å². The van der Waals surface area contributed by atoms with Gasteiger partial charge in [0, 0.05) is 29.4 Å². The van der Waals surface area contributed by atoms with E-state index in [1.165, 1.54) is 0 Å². The number of anilines is 2. The number of benzene rings is 2. The van der Waals surface area contributed by atoms with Gasteiger partial charge in [-0.1, -0.05) is 35.9 Å². The topological polar surface area (TPSA) is 41.1 Å². The fourth-order valence-electron chi connectivity index (χ4n) is 2.32. The van der Waals surface area contributed by atoms with Crippen molar-refractivity contribution < 1.29 is 4.79 Å². The van der Waals surface area contributed by atoms with Gasteiger partial charge in [0.2, 0.25) is 5.91 Å². The summed E-state index contributed by atoms with van der Waals surface area (Å²) in [5, 5.41) is 6.97. The van der Waals surface area contributed by atoms with E-state index in [0.717, 1.165) is 33.1 Å². The summed E-state index contributed by atoms with van der Waals surface area (Å²) in [5.74, 6) is 0.00424. The summed E-state index contributed by atoms with van der Waals surface area (Å²) in [5.41, 5.74) is 5.03. The first-order valence-corrected chi connectivity index (χ1v) is 7.72. The molecule has 2 N–H and O–H groups in total. The highest BCUT2D eigenvalue weighted by Gasteiger charge is 2.07. The fraction of sp³-hybridized carbons (Fsp3) is 0.278. The first-order chi connectivity index (χ1) is 10.5. The monoisotopic (exact) mass is 316 g/mol. The first-order valence-electron chi connectivity index (χ1n) is 7.34. The van der Waals surface area contributed by atoms with Gasteiger partial charge in [0.1, 0.15) is 0 Å². The van der Waals surface area contributed by atoms with E-state index in [9.17, 15) is 4.79 Å². The molecule has 1 amide bonds. The van der Waals surface area contributed by atoms with E-state index in [4.69, 9.17) is 11.6 Å². The largest absolute Gasteiger partial charge is 0.384 e. The van der Waals surface area contributed by atoms with Crippen LogP contribution in [0.15, 0.2) is 36.4 Å². The zero-order valence-corrected chi connectivity index (χ0v) is 13.9. The predicted molar refractivity (Wildman–Crippen MR) is 93.8 cm³/mol. The fourth-order valence-corrected chi connectivity index (χ4v) is 2.50. The van der Waals surface area contributed by atoms with Gasteiger partial charge in [-0.05, 0) is 49.6 Å². The molecule has 0 heterocycles. The second kappa shape index (κ2) is 7.32. The molecule has 116 valence electrons. The lowest BCUT2D eigenvalue weighted by Crippen LogP contribution is -2.17. The maximum atomic E-state index is 12.1. The Kier molecular flexibility index (Phi) is 5.45. The Hall–Kier alpha value is -2.00. The molecule has 0 aliphatic carbocycles. The van der Waals surface area contributed by atoms with Gasteiger partial charge in [0.05, 0.1) is 0 Å². The average Bonchev–Trinajstić information content (AvgIpc) is 2.47. The number of nitrogens with one attached hydrogen (secondary N) is 2. The molecule has 0 radical (unpaired) electrons. The van der Waals surface area contributed by atoms with Crippen LogP contribution >= 0.6 is 11.6 Å². The van der Waals surface area contributed by atoms with E-state index in [2.05, 4.69) is 10.6 Å². The zero-order valence-electron chi connectivity index (χ0n) is 13.2. The van der Waals surface area contributed by atoms with E-state index in [0.29, 0.717) is 13.0 Å². The van der Waals surface area contributed by atoms with Crippen molar-refractivity contribution in [2.24, 2.45) is 0 Å². The third-order valence-corrected chi connectivity index (χ3v) is 4.09. The standard InChI is InChI=1S/C18H21ClN2O/c1-12-6-4-7-13(2)18(12)21-17(22)10-11-20-16-9-5-8-15(19)14(16)3/h4-9,20H,10-11H2,1-3H3,(H,21,22). The lowest BCUT2D eigenvalue weighted by molar-refractivity contribution is -0.115. The zero-order chi connectivity index (χ0) is 16.1. The predicted octanol–water partition coefficient (Wildman–Crippen LogP) is 4.71. The highest BCUT2D eigenvalue weighted by atomic mass is 35.5. The van der Waals surface area contributed by atoms with Crippen LogP contribution in [0.3, 0.4) is 0 Å². The van der Waals surface area contributed by atoms with Crippen molar-refractivity contribution in [3.8, 4) is 0 Å². The Balaban J connectivity index is 1.90. The van der Waals surface area contributed by atoms with Gasteiger partial charge in [-0.2, -0.15) is 0 Å². The maximum Gasteiger partial charge on any atom is 0.226 e. The number of amides is 1. The van der Waals surface area contributed by atoms with Gasteiger partial charge in [-0.15, -0.1) is 0 Å². The summed E-state index contributed by atoms with van der Waals surface area (Å²) < 4.78 is 0. The maximum absolute atomic E-state index is 12.1. The molecule has 0 spiro atoms. The Bertz CT molecular complexity index is 663. The number of carbonyl (C=O) groups is 1. The molecule has 0 aliphatic rings. The number of aryl methyl sites for hydroxylation is 2. The van der Waals surface area contributed by atoms with Crippen LogP contribution in [0.25, 0.3) is 0 Å². The first kappa shape index (κ1) is 16.4. The molecule has 0 aromatic heterocycles. The highest BCUT2D eigenvalue weighted by Crippen LogP contribution is 2.23. The number of carbonyl (C=O) groups excluding carboxylic acids is 1. The van der Waals surface area contributed by atoms with Gasteiger partial charge in [0.15, 0.2) is 0 Å². The van der Waals surface area contributed by atoms with E-state index in [-0.39, 0.29) is 5.91 Å². The third-order valence-electron chi connectivity index (χ3n) is 3.68. The van der Waals surface area contributed by atoms with Crippen LogP contribution in [0, 0.1) is 20.8 Å². The summed E-state index contributed by atoms with van der Waals surface area (Å²) in [7, 11) is 0. The molecule has 0 aliphatic heterocycles. The van der Waals surface area contributed by atoms with Gasteiger partial charge in [-0.25, -0.2) is 0 Å². The molecule has 0 atom stereocenters. The van der Waals surface area contributed by atoms with Crippen molar-refractivity contribution in [2.75, 3.05) is 17.2 Å². The number of halogens is 1. The number of hydrogen-bond acceptors (Lipinski definition) is 2. The van der Waals surface area contributed by atoms with Gasteiger partial charge in [-0.3, -0.25) is 4.79 Å². The molecule has 2 aromatic rings. The van der Waals surface area contributed by atoms with Crippen molar-refractivity contribution >= 4 is 28.9 Å². The Morgan fingerprint density at radius 1 is 1.05 bits per heavy atom. The summed E-state index contributed by atoms with van der Waals surface area (Å²) in [6, 6.07) is 11.7. The molecular weight excluding hydrogens is 296 g/mol. The van der Waals surface area contributed by atoms with Crippen molar-refractivity contribution in [1.29, 1.82) is 0 Å². The average molecular weight is 317 g/mol. The molecule has 2 rings (SSSR count). The lowest BCUT2D eigenvalue weighted by Gasteiger charge is -2.13. The molecule has 0 fully saturated rings. The van der Waals surface area contributed by atoms with E-state index >= 15 is 0 Å². The normalized spacial score (nSPS) is 10.4. The van der Waals surface area contributed by atoms with E-state index in [1.807, 2.05) is 57.2 Å². The SMILES string of the molecule is Cc1cccc(C)c1NC(=O)CCNc1cccc(Cl)c1C. The minimum Gasteiger partial charge on any atom is -0.384 e. The van der Waals surface area contributed by atoms with Crippen LogP contribution in [-0.2, 0) is 4.79 Å². The minimum absolute atomic E-state index is 0.00424. The molecule has 0 bridgehead atoms. The number of rotatable bonds is 5. The minimum atomic E-state index is 0.00424. The van der Waals surface area contributed by atoms with Crippen LogP contribution in [0.1, 0.15) is 23.1 Å². The number of para-hydroxylation sites is 1. The van der Waals surface area contributed by atoms with Crippen LogP contribution in [0.5, 0.6) is 0 Å².